The van der Waals surface area contributed by atoms with Gasteiger partial charge < -0.3 is 9.80 Å². The molecule has 0 aromatic heterocycles. The molecule has 0 aliphatic heterocycles. The van der Waals surface area contributed by atoms with E-state index in [1.165, 1.54) is 54.2 Å². The van der Waals surface area contributed by atoms with Gasteiger partial charge in [-0.15, -0.1) is 0 Å². The number of hydrogen-bond acceptors (Lipinski definition) is 1. The minimum absolute atomic E-state index is 1.05. The Morgan fingerprint density at radius 1 is 1.00 bits per heavy atom. The van der Waals surface area contributed by atoms with E-state index in [0.717, 1.165) is 17.6 Å². The molecule has 1 aromatic rings. The molecule has 19 heavy (non-hydrogen) atoms. The first-order valence-corrected chi connectivity index (χ1v) is 9.12. The molecule has 0 aliphatic rings. The van der Waals surface area contributed by atoms with Crippen LogP contribution in [0.3, 0.4) is 0 Å². The fourth-order valence-electron chi connectivity index (χ4n) is 2.34. The molecule has 0 heterocycles. The lowest BCUT2D eigenvalue weighted by Gasteiger charge is -2.30. The van der Waals surface area contributed by atoms with Crippen LogP contribution in [0.4, 0.5) is 0 Å². The van der Waals surface area contributed by atoms with E-state index in [1.807, 2.05) is 0 Å². The Balaban J connectivity index is 2.13. The summed E-state index contributed by atoms with van der Waals surface area (Å²) in [6, 6.07) is 12.3. The van der Waals surface area contributed by atoms with E-state index >= 15 is 0 Å². The van der Waals surface area contributed by atoms with Crippen molar-refractivity contribution in [3.8, 4) is 0 Å². The second-order valence-electron chi connectivity index (χ2n) is 6.11. The highest BCUT2D eigenvalue weighted by molar-refractivity contribution is 6.08. The lowest BCUT2D eigenvalue weighted by atomic mass is 10.2. The summed E-state index contributed by atoms with van der Waals surface area (Å²) in [6.07, 6.45) is 4.18. The van der Waals surface area contributed by atoms with Crippen LogP contribution in [-0.4, -0.2) is 48.5 Å². The molecule has 108 valence electrons. The van der Waals surface area contributed by atoms with E-state index in [1.54, 1.807) is 0 Å². The third-order valence-electron chi connectivity index (χ3n) is 3.55. The first kappa shape index (κ1) is 16.4. The number of nitrogens with one attached hydrogen (secondary N) is 1. The molecular weight excluding hydrogens is 248 g/mol. The van der Waals surface area contributed by atoms with Crippen molar-refractivity contribution < 1.29 is 4.48 Å². The maximum absolute atomic E-state index is 3.58. The summed E-state index contributed by atoms with van der Waals surface area (Å²) < 4.78 is 1.05. The average Bonchev–Trinajstić information content (AvgIpc) is 2.38. The van der Waals surface area contributed by atoms with Crippen molar-refractivity contribution in [3.05, 3.63) is 35.9 Å². The molecule has 2 nitrogen and oxygen atoms in total. The fraction of sp³-hybridized carbons (Fsp3) is 0.625. The zero-order valence-corrected chi connectivity index (χ0v) is 15.0. The molecule has 0 spiro atoms. The average molecular weight is 280 g/mol. The van der Waals surface area contributed by atoms with Gasteiger partial charge in [0.15, 0.2) is 0 Å². The van der Waals surface area contributed by atoms with Gasteiger partial charge in [0.1, 0.15) is 6.54 Å². The Morgan fingerprint density at radius 3 is 2.42 bits per heavy atom. The normalized spacial score (nSPS) is 11.9. The topological polar surface area (TPSA) is 12.0 Å². The van der Waals surface area contributed by atoms with Gasteiger partial charge in [0.2, 0.25) is 0 Å². The molecule has 0 amide bonds. The third kappa shape index (κ3) is 8.19. The molecule has 0 aliphatic carbocycles. The predicted octanol–water partition coefficient (Wildman–Crippen LogP) is 1.81. The second-order valence-corrected chi connectivity index (χ2v) is 7.11. The molecule has 0 unspecified atom stereocenters. The Labute approximate surface area is 122 Å². The van der Waals surface area contributed by atoms with Crippen LogP contribution in [0, 0.1) is 0 Å². The van der Waals surface area contributed by atoms with Gasteiger partial charge in [-0.25, -0.2) is 0 Å². The highest BCUT2D eigenvalue weighted by Crippen LogP contribution is 2.08. The van der Waals surface area contributed by atoms with Crippen LogP contribution >= 0.6 is 0 Å². The first-order chi connectivity index (χ1) is 9.14. The van der Waals surface area contributed by atoms with Crippen LogP contribution in [0.15, 0.2) is 30.3 Å². The molecule has 0 atom stereocenters. The van der Waals surface area contributed by atoms with Crippen molar-refractivity contribution in [1.29, 1.82) is 0 Å². The molecule has 1 aromatic carbocycles. The number of unbranched alkanes of at least 4 members (excludes halogenated alkanes) is 2. The van der Waals surface area contributed by atoms with Crippen molar-refractivity contribution >= 4 is 10.2 Å². The Kier molecular flexibility index (Phi) is 8.02. The summed E-state index contributed by atoms with van der Waals surface area (Å²) in [5, 5.41) is 3.58. The maximum Gasteiger partial charge on any atom is 0.104 e. The van der Waals surface area contributed by atoms with E-state index in [-0.39, 0.29) is 0 Å². The van der Waals surface area contributed by atoms with Gasteiger partial charge in [-0.3, -0.25) is 0 Å². The molecular formula is C16H31N2Si+. The van der Waals surface area contributed by atoms with Crippen molar-refractivity contribution in [3.63, 3.8) is 0 Å². The van der Waals surface area contributed by atoms with E-state index < -0.39 is 0 Å². The van der Waals surface area contributed by atoms with Crippen LogP contribution in [0.25, 0.3) is 0 Å². The summed E-state index contributed by atoms with van der Waals surface area (Å²) in [4.78, 5) is 0. The molecule has 0 bridgehead atoms. The van der Waals surface area contributed by atoms with E-state index in [9.17, 15) is 0 Å². The van der Waals surface area contributed by atoms with E-state index in [0.29, 0.717) is 0 Å². The number of likely N-dealkylation sites (N-methyl/N-ethyl adjacent to an activating group) is 1. The van der Waals surface area contributed by atoms with Gasteiger partial charge in [0, 0.05) is 22.4 Å². The largest absolute Gasteiger partial charge is 0.324 e. The molecule has 1 N–H and O–H groups in total. The molecule has 1 rings (SSSR count). The number of benzene rings is 1. The molecule has 0 fully saturated rings. The van der Waals surface area contributed by atoms with Crippen LogP contribution in [0.1, 0.15) is 24.8 Å². The molecule has 0 radical (unpaired) electrons. The quantitative estimate of drug-likeness (QED) is 0.391. The first-order valence-electron chi connectivity index (χ1n) is 7.71. The zero-order chi connectivity index (χ0) is 14.0. The third-order valence-corrected chi connectivity index (χ3v) is 4.26. The Bertz CT molecular complexity index is 325. The fourth-order valence-corrected chi connectivity index (χ4v) is 2.84. The standard InChI is InChI=1S/C16H31N2Si/c1-18(2,15-16-9-5-3-6-10-16)13-12-17-11-7-4-8-14-19/h3,5-6,9-10,17H,4,7-8,11-15H2,1-2,19H3/q+1. The predicted molar refractivity (Wildman–Crippen MR) is 88.6 cm³/mol. The minimum Gasteiger partial charge on any atom is -0.324 e. The van der Waals surface area contributed by atoms with Crippen molar-refractivity contribution in [1.82, 2.24) is 5.32 Å². The Hall–Kier alpha value is -0.643. The number of quaternary nitrogens is 1. The SMILES string of the molecule is C[N+](C)(CCNCCCCC[SiH3])Cc1ccccc1. The van der Waals surface area contributed by atoms with Crippen LogP contribution in [0.5, 0.6) is 0 Å². The smallest absolute Gasteiger partial charge is 0.104 e. The van der Waals surface area contributed by atoms with Crippen molar-refractivity contribution in [2.75, 3.05) is 33.7 Å². The molecule has 3 heteroatoms. The zero-order valence-electron chi connectivity index (χ0n) is 13.0. The van der Waals surface area contributed by atoms with E-state index in [2.05, 4.69) is 49.7 Å². The Morgan fingerprint density at radius 2 is 1.74 bits per heavy atom. The highest BCUT2D eigenvalue weighted by Gasteiger charge is 2.14. The van der Waals surface area contributed by atoms with Crippen LogP contribution in [0.2, 0.25) is 6.04 Å². The highest BCUT2D eigenvalue weighted by atomic mass is 28.1. The van der Waals surface area contributed by atoms with E-state index in [4.69, 9.17) is 0 Å². The van der Waals surface area contributed by atoms with Crippen LogP contribution in [-0.2, 0) is 6.54 Å². The summed E-state index contributed by atoms with van der Waals surface area (Å²) in [5.41, 5.74) is 1.43. The van der Waals surface area contributed by atoms with Crippen LogP contribution < -0.4 is 5.32 Å². The lowest BCUT2D eigenvalue weighted by Crippen LogP contribution is -2.43. The summed E-state index contributed by atoms with van der Waals surface area (Å²) in [6.45, 7) is 4.62. The van der Waals surface area contributed by atoms with Gasteiger partial charge >= 0.3 is 0 Å². The van der Waals surface area contributed by atoms with Gasteiger partial charge in [-0.2, -0.15) is 0 Å². The molecule has 0 saturated carbocycles. The monoisotopic (exact) mass is 279 g/mol. The van der Waals surface area contributed by atoms with Gasteiger partial charge in [0.25, 0.3) is 0 Å². The van der Waals surface area contributed by atoms with Gasteiger partial charge in [-0.1, -0.05) is 49.2 Å². The van der Waals surface area contributed by atoms with Crippen molar-refractivity contribution in [2.45, 2.75) is 31.9 Å². The molecule has 0 saturated heterocycles. The minimum atomic E-state index is 1.05. The number of rotatable bonds is 10. The number of hydrogen-bond donors (Lipinski definition) is 1. The summed E-state index contributed by atoms with van der Waals surface area (Å²) in [7, 11) is 6.00. The lowest BCUT2D eigenvalue weighted by molar-refractivity contribution is -0.902. The van der Waals surface area contributed by atoms with Crippen molar-refractivity contribution in [2.24, 2.45) is 0 Å². The number of nitrogens with zero attached hydrogens (tertiary/aromatic N) is 1. The maximum atomic E-state index is 3.58. The van der Waals surface area contributed by atoms with Gasteiger partial charge in [-0.05, 0) is 13.0 Å². The van der Waals surface area contributed by atoms with Gasteiger partial charge in [0.05, 0.1) is 20.6 Å². The second kappa shape index (κ2) is 9.29. The summed E-state index contributed by atoms with van der Waals surface area (Å²) >= 11 is 0. The summed E-state index contributed by atoms with van der Waals surface area (Å²) in [5.74, 6) is 0.